The van der Waals surface area contributed by atoms with Gasteiger partial charge in [0.25, 0.3) is 0 Å². The number of aliphatic hydroxyl groups is 1. The number of hydrogen-bond acceptors (Lipinski definition) is 3. The highest BCUT2D eigenvalue weighted by molar-refractivity contribution is 7.12. The van der Waals surface area contributed by atoms with Crippen LogP contribution in [0, 0.1) is 25.7 Å². The molecule has 0 spiro atoms. The molecule has 1 rings (SSSR count). The van der Waals surface area contributed by atoms with Crippen LogP contribution < -0.4 is 5.32 Å². The minimum absolute atomic E-state index is 0.284. The molecule has 0 aliphatic rings. The highest BCUT2D eigenvalue weighted by Gasteiger charge is 2.19. The Morgan fingerprint density at radius 2 is 1.94 bits per heavy atom. The zero-order valence-electron chi connectivity index (χ0n) is 12.3. The lowest BCUT2D eigenvalue weighted by Crippen LogP contribution is -2.30. The first-order valence-corrected chi connectivity index (χ1v) is 7.68. The second kappa shape index (κ2) is 7.27. The Balaban J connectivity index is 2.69. The minimum atomic E-state index is 0.284. The van der Waals surface area contributed by atoms with E-state index in [0.717, 1.165) is 13.0 Å². The summed E-state index contributed by atoms with van der Waals surface area (Å²) < 4.78 is 0. The van der Waals surface area contributed by atoms with Gasteiger partial charge < -0.3 is 10.4 Å². The van der Waals surface area contributed by atoms with Crippen LogP contribution in [-0.2, 0) is 0 Å². The summed E-state index contributed by atoms with van der Waals surface area (Å²) in [6.07, 6.45) is 0.874. The molecule has 0 amide bonds. The fraction of sp³-hybridized carbons (Fsp3) is 0.733. The van der Waals surface area contributed by atoms with E-state index in [1.54, 1.807) is 0 Å². The van der Waals surface area contributed by atoms with Crippen molar-refractivity contribution in [2.45, 2.75) is 47.1 Å². The molecule has 0 aromatic carbocycles. The molecule has 1 heterocycles. The molecule has 0 bridgehead atoms. The van der Waals surface area contributed by atoms with Crippen molar-refractivity contribution >= 4 is 11.3 Å². The fourth-order valence-corrected chi connectivity index (χ4v) is 3.29. The van der Waals surface area contributed by atoms with Gasteiger partial charge in [-0.3, -0.25) is 0 Å². The molecule has 18 heavy (non-hydrogen) atoms. The van der Waals surface area contributed by atoms with Crippen molar-refractivity contribution in [2.75, 3.05) is 13.2 Å². The lowest BCUT2D eigenvalue weighted by molar-refractivity contribution is 0.254. The predicted molar refractivity (Wildman–Crippen MR) is 80.2 cm³/mol. The molecule has 104 valence electrons. The van der Waals surface area contributed by atoms with Gasteiger partial charge in [-0.15, -0.1) is 11.3 Å². The van der Waals surface area contributed by atoms with Crippen molar-refractivity contribution in [3.8, 4) is 0 Å². The molecule has 0 radical (unpaired) electrons. The van der Waals surface area contributed by atoms with Crippen LogP contribution >= 0.6 is 11.3 Å². The lowest BCUT2D eigenvalue weighted by Gasteiger charge is -2.24. The van der Waals surface area contributed by atoms with E-state index in [0.29, 0.717) is 17.9 Å². The Morgan fingerprint density at radius 3 is 2.39 bits per heavy atom. The standard InChI is InChI=1S/C15H27NOS/c1-10(2)15(16-9-11(3)6-7-17)14-8-12(4)18-13(14)5/h8,10-11,15-17H,6-7,9H2,1-5H3. The highest BCUT2D eigenvalue weighted by Crippen LogP contribution is 2.30. The summed E-state index contributed by atoms with van der Waals surface area (Å²) in [5.41, 5.74) is 1.45. The third-order valence-corrected chi connectivity index (χ3v) is 4.37. The van der Waals surface area contributed by atoms with Crippen molar-refractivity contribution in [3.63, 3.8) is 0 Å². The summed E-state index contributed by atoms with van der Waals surface area (Å²) in [4.78, 5) is 2.81. The topological polar surface area (TPSA) is 32.3 Å². The number of thiophene rings is 1. The number of aryl methyl sites for hydroxylation is 2. The van der Waals surface area contributed by atoms with E-state index >= 15 is 0 Å². The minimum Gasteiger partial charge on any atom is -0.396 e. The first-order valence-electron chi connectivity index (χ1n) is 6.86. The molecule has 3 heteroatoms. The van der Waals surface area contributed by atoms with Crippen LogP contribution in [-0.4, -0.2) is 18.3 Å². The van der Waals surface area contributed by atoms with Gasteiger partial charge in [-0.1, -0.05) is 20.8 Å². The van der Waals surface area contributed by atoms with Gasteiger partial charge in [0.15, 0.2) is 0 Å². The van der Waals surface area contributed by atoms with Crippen LogP contribution in [0.15, 0.2) is 6.07 Å². The Morgan fingerprint density at radius 1 is 1.28 bits per heavy atom. The molecule has 0 saturated carbocycles. The first kappa shape index (κ1) is 15.7. The maximum absolute atomic E-state index is 8.95. The molecule has 0 aliphatic carbocycles. The van der Waals surface area contributed by atoms with Gasteiger partial charge in [0.05, 0.1) is 0 Å². The second-order valence-electron chi connectivity index (χ2n) is 5.62. The van der Waals surface area contributed by atoms with Crippen LogP contribution in [0.2, 0.25) is 0 Å². The van der Waals surface area contributed by atoms with Crippen LogP contribution in [0.1, 0.15) is 48.6 Å². The number of hydrogen-bond donors (Lipinski definition) is 2. The summed E-state index contributed by atoms with van der Waals surface area (Å²) in [7, 11) is 0. The second-order valence-corrected chi connectivity index (χ2v) is 7.08. The molecule has 0 aliphatic heterocycles. The zero-order valence-corrected chi connectivity index (χ0v) is 13.1. The van der Waals surface area contributed by atoms with E-state index in [9.17, 15) is 0 Å². The first-order chi connectivity index (χ1) is 8.45. The summed E-state index contributed by atoms with van der Waals surface area (Å²) >= 11 is 1.88. The average Bonchev–Trinajstić information content (AvgIpc) is 2.58. The van der Waals surface area contributed by atoms with E-state index in [-0.39, 0.29) is 6.61 Å². The summed E-state index contributed by atoms with van der Waals surface area (Å²) in [6, 6.07) is 2.74. The molecule has 2 nitrogen and oxygen atoms in total. The van der Waals surface area contributed by atoms with E-state index < -0.39 is 0 Å². The van der Waals surface area contributed by atoms with Gasteiger partial charge in [0.2, 0.25) is 0 Å². The van der Waals surface area contributed by atoms with Crippen molar-refractivity contribution in [1.82, 2.24) is 5.32 Å². The fourth-order valence-electron chi connectivity index (χ4n) is 2.31. The van der Waals surface area contributed by atoms with E-state index in [1.165, 1.54) is 15.3 Å². The van der Waals surface area contributed by atoms with Gasteiger partial charge >= 0.3 is 0 Å². The van der Waals surface area contributed by atoms with Gasteiger partial charge in [-0.05, 0) is 50.3 Å². The summed E-state index contributed by atoms with van der Waals surface area (Å²) in [5, 5.41) is 12.6. The van der Waals surface area contributed by atoms with E-state index in [4.69, 9.17) is 5.11 Å². The van der Waals surface area contributed by atoms with Crippen LogP contribution in [0.3, 0.4) is 0 Å². The number of aliphatic hydroxyl groups excluding tert-OH is 1. The SMILES string of the molecule is Cc1cc(C(NCC(C)CCO)C(C)C)c(C)s1. The van der Waals surface area contributed by atoms with Crippen molar-refractivity contribution < 1.29 is 5.11 Å². The Labute approximate surface area is 115 Å². The van der Waals surface area contributed by atoms with Crippen molar-refractivity contribution in [3.05, 3.63) is 21.4 Å². The Hall–Kier alpha value is -0.380. The molecular formula is C15H27NOS. The lowest BCUT2D eigenvalue weighted by atomic mass is 9.95. The molecule has 1 aromatic rings. The van der Waals surface area contributed by atoms with Gasteiger partial charge in [0, 0.05) is 22.4 Å². The number of rotatable bonds is 7. The largest absolute Gasteiger partial charge is 0.396 e. The number of nitrogens with one attached hydrogen (secondary N) is 1. The molecule has 1 aromatic heterocycles. The quantitative estimate of drug-likeness (QED) is 0.791. The maximum Gasteiger partial charge on any atom is 0.0434 e. The summed E-state index contributed by atoms with van der Waals surface area (Å²) in [5.74, 6) is 1.11. The van der Waals surface area contributed by atoms with Crippen molar-refractivity contribution in [1.29, 1.82) is 0 Å². The molecule has 0 fully saturated rings. The molecule has 0 saturated heterocycles. The Kier molecular flexibility index (Phi) is 6.33. The smallest absolute Gasteiger partial charge is 0.0434 e. The Bertz CT molecular complexity index is 359. The monoisotopic (exact) mass is 269 g/mol. The van der Waals surface area contributed by atoms with Gasteiger partial charge in [-0.25, -0.2) is 0 Å². The normalized spacial score (nSPS) is 15.1. The van der Waals surface area contributed by atoms with Gasteiger partial charge in [0.1, 0.15) is 0 Å². The third-order valence-electron chi connectivity index (χ3n) is 3.39. The molecule has 2 atom stereocenters. The highest BCUT2D eigenvalue weighted by atomic mass is 32.1. The van der Waals surface area contributed by atoms with Gasteiger partial charge in [-0.2, -0.15) is 0 Å². The van der Waals surface area contributed by atoms with E-state index in [2.05, 4.69) is 46.0 Å². The van der Waals surface area contributed by atoms with Crippen LogP contribution in [0.4, 0.5) is 0 Å². The van der Waals surface area contributed by atoms with Crippen molar-refractivity contribution in [2.24, 2.45) is 11.8 Å². The third kappa shape index (κ3) is 4.38. The maximum atomic E-state index is 8.95. The van der Waals surface area contributed by atoms with E-state index in [1.807, 2.05) is 11.3 Å². The predicted octanol–water partition coefficient (Wildman–Crippen LogP) is 3.67. The molecule has 2 unspecified atom stereocenters. The van der Waals surface area contributed by atoms with Crippen LogP contribution in [0.5, 0.6) is 0 Å². The summed E-state index contributed by atoms with van der Waals surface area (Å²) in [6.45, 7) is 12.4. The average molecular weight is 269 g/mol. The molecular weight excluding hydrogens is 242 g/mol. The van der Waals surface area contributed by atoms with Crippen LogP contribution in [0.25, 0.3) is 0 Å². The molecule has 2 N–H and O–H groups in total. The zero-order chi connectivity index (χ0) is 13.7.